The van der Waals surface area contributed by atoms with Crippen molar-refractivity contribution in [1.82, 2.24) is 4.90 Å². The Morgan fingerprint density at radius 3 is 2.26 bits per heavy atom. The van der Waals surface area contributed by atoms with Crippen LogP contribution >= 0.6 is 11.6 Å². The van der Waals surface area contributed by atoms with Crippen LogP contribution < -0.4 is 5.73 Å². The summed E-state index contributed by atoms with van der Waals surface area (Å²) in [4.78, 5) is 13.7. The molecule has 0 aromatic heterocycles. The Morgan fingerprint density at radius 1 is 1.21 bits per heavy atom. The van der Waals surface area contributed by atoms with E-state index in [1.54, 1.807) is 6.07 Å². The summed E-state index contributed by atoms with van der Waals surface area (Å²) in [6, 6.07) is 8.55. The monoisotopic (exact) mass is 276 g/mol. The maximum absolute atomic E-state index is 12.3. The lowest BCUT2D eigenvalue weighted by molar-refractivity contribution is 0.0762. The summed E-state index contributed by atoms with van der Waals surface area (Å²) >= 11 is 5.85. The van der Waals surface area contributed by atoms with Crippen molar-refractivity contribution < 1.29 is 4.79 Å². The molecule has 0 saturated carbocycles. The molecule has 0 unspecified atom stereocenters. The summed E-state index contributed by atoms with van der Waals surface area (Å²) in [6.45, 7) is 0.562. The number of hydrogen-bond donors (Lipinski definition) is 1. The van der Waals surface area contributed by atoms with Crippen LogP contribution in [0.1, 0.15) is 23.2 Å². The van der Waals surface area contributed by atoms with Gasteiger partial charge in [-0.2, -0.15) is 10.5 Å². The summed E-state index contributed by atoms with van der Waals surface area (Å²) in [7, 11) is 0. The van der Waals surface area contributed by atoms with Gasteiger partial charge in [-0.25, -0.2) is 0 Å². The summed E-state index contributed by atoms with van der Waals surface area (Å²) in [5.74, 6) is -0.278. The maximum atomic E-state index is 12.3. The average Bonchev–Trinajstić information content (AvgIpc) is 2.37. The molecule has 98 valence electrons. The first kappa shape index (κ1) is 14.8. The summed E-state index contributed by atoms with van der Waals surface area (Å²) < 4.78 is 0. The van der Waals surface area contributed by atoms with Crippen molar-refractivity contribution in [2.75, 3.05) is 18.8 Å². The second-order valence-electron chi connectivity index (χ2n) is 3.88. The van der Waals surface area contributed by atoms with E-state index in [1.807, 2.05) is 12.1 Å². The molecule has 0 bridgehead atoms. The molecule has 0 atom stereocenters. The second kappa shape index (κ2) is 7.25. The fraction of sp³-hybridized carbons (Fsp3) is 0.308. The predicted molar refractivity (Wildman–Crippen MR) is 72.2 cm³/mol. The zero-order valence-corrected chi connectivity index (χ0v) is 11.0. The highest BCUT2D eigenvalue weighted by atomic mass is 35.5. The molecule has 1 amide bonds. The number of nitrogen functional groups attached to an aromatic ring is 1. The number of benzene rings is 1. The molecule has 6 heteroatoms. The number of anilines is 1. The van der Waals surface area contributed by atoms with E-state index < -0.39 is 0 Å². The minimum absolute atomic E-state index is 0.215. The SMILES string of the molecule is N#CCCN(CCC#N)C(=O)c1cc(N)cc(Cl)c1. The van der Waals surface area contributed by atoms with E-state index in [-0.39, 0.29) is 31.8 Å². The van der Waals surface area contributed by atoms with Gasteiger partial charge in [0.2, 0.25) is 0 Å². The van der Waals surface area contributed by atoms with Crippen LogP contribution in [0.3, 0.4) is 0 Å². The number of nitrogens with zero attached hydrogens (tertiary/aromatic N) is 3. The van der Waals surface area contributed by atoms with Crippen molar-refractivity contribution in [1.29, 1.82) is 10.5 Å². The van der Waals surface area contributed by atoms with Crippen LogP contribution in [0.25, 0.3) is 0 Å². The van der Waals surface area contributed by atoms with Crippen molar-refractivity contribution in [3.8, 4) is 12.1 Å². The number of rotatable bonds is 5. The molecule has 5 nitrogen and oxygen atoms in total. The second-order valence-corrected chi connectivity index (χ2v) is 4.32. The molecule has 0 aliphatic rings. The first-order valence-electron chi connectivity index (χ1n) is 5.67. The first-order chi connectivity index (χ1) is 9.08. The average molecular weight is 277 g/mol. The van der Waals surface area contributed by atoms with Crippen LogP contribution in [0.2, 0.25) is 5.02 Å². The zero-order chi connectivity index (χ0) is 14.3. The predicted octanol–water partition coefficient (Wildman–Crippen LogP) is 2.19. The Morgan fingerprint density at radius 2 is 1.79 bits per heavy atom. The van der Waals surface area contributed by atoms with E-state index in [9.17, 15) is 4.79 Å². The Balaban J connectivity index is 2.91. The number of carbonyl (C=O) groups excluding carboxylic acids is 1. The number of carbonyl (C=O) groups is 1. The van der Waals surface area contributed by atoms with Gasteiger partial charge in [-0.1, -0.05) is 11.6 Å². The molecule has 0 aliphatic carbocycles. The van der Waals surface area contributed by atoms with Crippen LogP contribution in [0.4, 0.5) is 5.69 Å². The molecule has 0 aliphatic heterocycles. The van der Waals surface area contributed by atoms with Crippen molar-refractivity contribution >= 4 is 23.2 Å². The van der Waals surface area contributed by atoms with Crippen molar-refractivity contribution in [3.05, 3.63) is 28.8 Å². The molecule has 0 heterocycles. The van der Waals surface area contributed by atoms with E-state index >= 15 is 0 Å². The van der Waals surface area contributed by atoms with Crippen molar-refractivity contribution in [3.63, 3.8) is 0 Å². The molecule has 1 aromatic carbocycles. The molecular formula is C13H13ClN4O. The molecule has 0 fully saturated rings. The van der Waals surface area contributed by atoms with Gasteiger partial charge in [-0.15, -0.1) is 0 Å². The number of nitrogens with two attached hydrogens (primary N) is 1. The van der Waals surface area contributed by atoms with Gasteiger partial charge in [-0.05, 0) is 18.2 Å². The summed E-state index contributed by atoms with van der Waals surface area (Å²) in [5, 5.41) is 17.6. The third-order valence-corrected chi connectivity index (χ3v) is 2.66. The van der Waals surface area contributed by atoms with Gasteiger partial charge in [-0.3, -0.25) is 4.79 Å². The number of amides is 1. The Labute approximate surface area is 116 Å². The Kier molecular flexibility index (Phi) is 5.66. The number of halogens is 1. The fourth-order valence-corrected chi connectivity index (χ4v) is 1.85. The first-order valence-corrected chi connectivity index (χ1v) is 6.05. The van der Waals surface area contributed by atoms with Gasteiger partial charge in [0.25, 0.3) is 5.91 Å². The van der Waals surface area contributed by atoms with Gasteiger partial charge in [0, 0.05) is 29.4 Å². The minimum Gasteiger partial charge on any atom is -0.399 e. The topological polar surface area (TPSA) is 93.9 Å². The lowest BCUT2D eigenvalue weighted by Crippen LogP contribution is -2.32. The van der Waals surface area contributed by atoms with Crippen LogP contribution in [0.5, 0.6) is 0 Å². The van der Waals surface area contributed by atoms with E-state index in [2.05, 4.69) is 0 Å². The summed E-state index contributed by atoms with van der Waals surface area (Å²) in [6.07, 6.45) is 0.431. The van der Waals surface area contributed by atoms with Gasteiger partial charge in [0.05, 0.1) is 25.0 Å². The van der Waals surface area contributed by atoms with E-state index in [0.717, 1.165) is 0 Å². The van der Waals surface area contributed by atoms with Gasteiger partial charge < -0.3 is 10.6 Å². The highest BCUT2D eigenvalue weighted by Gasteiger charge is 2.16. The van der Waals surface area contributed by atoms with Crippen molar-refractivity contribution in [2.24, 2.45) is 0 Å². The molecule has 1 aromatic rings. The Hall–Kier alpha value is -2.24. The van der Waals surface area contributed by atoms with Crippen LogP contribution in [-0.4, -0.2) is 23.9 Å². The van der Waals surface area contributed by atoms with Crippen molar-refractivity contribution in [2.45, 2.75) is 12.8 Å². The molecule has 2 N–H and O–H groups in total. The largest absolute Gasteiger partial charge is 0.399 e. The zero-order valence-electron chi connectivity index (χ0n) is 10.3. The number of nitriles is 2. The van der Waals surface area contributed by atoms with Crippen LogP contribution in [0.15, 0.2) is 18.2 Å². The third-order valence-electron chi connectivity index (χ3n) is 2.44. The fourth-order valence-electron chi connectivity index (χ4n) is 1.60. The smallest absolute Gasteiger partial charge is 0.254 e. The van der Waals surface area contributed by atoms with Crippen LogP contribution in [-0.2, 0) is 0 Å². The molecule has 0 spiro atoms. The lowest BCUT2D eigenvalue weighted by atomic mass is 10.1. The van der Waals surface area contributed by atoms with Crippen LogP contribution in [0, 0.1) is 22.7 Å². The molecule has 0 radical (unpaired) electrons. The minimum atomic E-state index is -0.278. The quantitative estimate of drug-likeness (QED) is 0.834. The standard InChI is InChI=1S/C13H13ClN4O/c14-11-7-10(8-12(17)9-11)13(19)18(5-1-3-15)6-2-4-16/h7-9H,1-2,5-6,17H2. The molecule has 0 saturated heterocycles. The van der Waals surface area contributed by atoms with Gasteiger partial charge >= 0.3 is 0 Å². The third kappa shape index (κ3) is 4.50. The van der Waals surface area contributed by atoms with E-state index in [0.29, 0.717) is 16.3 Å². The normalized spacial score (nSPS) is 9.42. The van der Waals surface area contributed by atoms with Gasteiger partial charge in [0.15, 0.2) is 0 Å². The maximum Gasteiger partial charge on any atom is 0.254 e. The highest BCUT2D eigenvalue weighted by Crippen LogP contribution is 2.18. The highest BCUT2D eigenvalue weighted by molar-refractivity contribution is 6.31. The Bertz CT molecular complexity index is 506. The lowest BCUT2D eigenvalue weighted by Gasteiger charge is -2.20. The van der Waals surface area contributed by atoms with Gasteiger partial charge in [0.1, 0.15) is 0 Å². The molecule has 19 heavy (non-hydrogen) atoms. The molecular weight excluding hydrogens is 264 g/mol. The summed E-state index contributed by atoms with van der Waals surface area (Å²) in [5.41, 5.74) is 6.40. The number of hydrogen-bond acceptors (Lipinski definition) is 4. The van der Waals surface area contributed by atoms with E-state index in [4.69, 9.17) is 27.9 Å². The van der Waals surface area contributed by atoms with E-state index in [1.165, 1.54) is 17.0 Å². The molecule has 1 rings (SSSR count).